The Kier molecular flexibility index (Phi) is 3.86. The van der Waals surface area contributed by atoms with Gasteiger partial charge in [0, 0.05) is 30.2 Å². The maximum atomic E-state index is 13.4. The first-order valence-electron chi connectivity index (χ1n) is 7.51. The number of pyridine rings is 1. The molecular formula is C17H19FN2O. The van der Waals surface area contributed by atoms with Crippen molar-refractivity contribution in [3.05, 3.63) is 41.3 Å². The van der Waals surface area contributed by atoms with E-state index in [2.05, 4.69) is 4.98 Å². The lowest BCUT2D eigenvalue weighted by Crippen LogP contribution is -2.32. The van der Waals surface area contributed by atoms with Crippen molar-refractivity contribution < 1.29 is 9.18 Å². The molecule has 21 heavy (non-hydrogen) atoms. The lowest BCUT2D eigenvalue weighted by molar-refractivity contribution is 0.0763. The fraction of sp³-hybridized carbons (Fsp3) is 0.412. The summed E-state index contributed by atoms with van der Waals surface area (Å²) in [7, 11) is 0. The number of benzene rings is 1. The zero-order valence-corrected chi connectivity index (χ0v) is 12.2. The zero-order valence-electron chi connectivity index (χ0n) is 12.2. The van der Waals surface area contributed by atoms with Crippen LogP contribution in [-0.2, 0) is 0 Å². The van der Waals surface area contributed by atoms with Crippen LogP contribution in [0.4, 0.5) is 4.39 Å². The van der Waals surface area contributed by atoms with Gasteiger partial charge in [-0.3, -0.25) is 9.78 Å². The van der Waals surface area contributed by atoms with Crippen LogP contribution in [0.1, 0.15) is 41.7 Å². The van der Waals surface area contributed by atoms with E-state index in [0.717, 1.165) is 37.0 Å². The summed E-state index contributed by atoms with van der Waals surface area (Å²) in [4.78, 5) is 19.1. The molecule has 0 radical (unpaired) electrons. The van der Waals surface area contributed by atoms with E-state index in [-0.39, 0.29) is 11.7 Å². The molecule has 1 amide bonds. The summed E-state index contributed by atoms with van der Waals surface area (Å²) < 4.78 is 13.4. The fourth-order valence-electron chi connectivity index (χ4n) is 2.96. The molecule has 2 aromatic rings. The van der Waals surface area contributed by atoms with Crippen molar-refractivity contribution in [2.45, 2.75) is 32.6 Å². The Morgan fingerprint density at radius 3 is 2.57 bits per heavy atom. The topological polar surface area (TPSA) is 33.2 Å². The standard InChI is InChI=1S/C17H19FN2O/c1-12-10-15(14-7-6-13(18)11-16(14)19-12)17(21)20-8-4-2-3-5-9-20/h6-7,10-11H,2-5,8-9H2,1H3. The van der Waals surface area contributed by atoms with Crippen LogP contribution in [-0.4, -0.2) is 28.9 Å². The van der Waals surface area contributed by atoms with Crippen molar-refractivity contribution in [2.75, 3.05) is 13.1 Å². The summed E-state index contributed by atoms with van der Waals surface area (Å²) in [5.41, 5.74) is 1.93. The first kappa shape index (κ1) is 14.0. The average Bonchev–Trinajstić information content (AvgIpc) is 2.74. The number of carbonyl (C=O) groups excluding carboxylic acids is 1. The van der Waals surface area contributed by atoms with Crippen LogP contribution in [0.3, 0.4) is 0 Å². The highest BCUT2D eigenvalue weighted by Gasteiger charge is 2.20. The molecule has 0 saturated carbocycles. The fourth-order valence-corrected chi connectivity index (χ4v) is 2.96. The van der Waals surface area contributed by atoms with E-state index in [9.17, 15) is 9.18 Å². The minimum absolute atomic E-state index is 0.0407. The van der Waals surface area contributed by atoms with Crippen molar-refractivity contribution in [2.24, 2.45) is 0 Å². The summed E-state index contributed by atoms with van der Waals surface area (Å²) >= 11 is 0. The molecule has 1 aliphatic rings. The molecule has 0 spiro atoms. The maximum Gasteiger partial charge on any atom is 0.254 e. The van der Waals surface area contributed by atoms with Crippen molar-refractivity contribution in [1.82, 2.24) is 9.88 Å². The SMILES string of the molecule is Cc1cc(C(=O)N2CCCCCC2)c2ccc(F)cc2n1. The number of rotatable bonds is 1. The lowest BCUT2D eigenvalue weighted by Gasteiger charge is -2.21. The number of halogens is 1. The average molecular weight is 286 g/mol. The molecular weight excluding hydrogens is 267 g/mol. The molecule has 0 bridgehead atoms. The van der Waals surface area contributed by atoms with Gasteiger partial charge >= 0.3 is 0 Å². The summed E-state index contributed by atoms with van der Waals surface area (Å²) in [6.45, 7) is 3.45. The molecule has 0 N–H and O–H groups in total. The highest BCUT2D eigenvalue weighted by molar-refractivity contribution is 6.06. The summed E-state index contributed by atoms with van der Waals surface area (Å²) in [5.74, 6) is -0.284. The minimum Gasteiger partial charge on any atom is -0.339 e. The van der Waals surface area contributed by atoms with Gasteiger partial charge in [-0.25, -0.2) is 4.39 Å². The minimum atomic E-state index is -0.325. The van der Waals surface area contributed by atoms with Crippen LogP contribution in [0.15, 0.2) is 24.3 Å². The number of hydrogen-bond donors (Lipinski definition) is 0. The summed E-state index contributed by atoms with van der Waals surface area (Å²) in [6.07, 6.45) is 4.49. The van der Waals surface area contributed by atoms with Gasteiger partial charge in [-0.2, -0.15) is 0 Å². The second-order valence-corrected chi connectivity index (χ2v) is 5.68. The summed E-state index contributed by atoms with van der Waals surface area (Å²) in [5, 5.41) is 0.733. The third-order valence-electron chi connectivity index (χ3n) is 4.02. The van der Waals surface area contributed by atoms with E-state index in [4.69, 9.17) is 0 Å². The predicted octanol–water partition coefficient (Wildman–Crippen LogP) is 3.70. The van der Waals surface area contributed by atoms with Gasteiger partial charge in [-0.05, 0) is 38.0 Å². The number of aryl methyl sites for hydroxylation is 1. The monoisotopic (exact) mass is 286 g/mol. The van der Waals surface area contributed by atoms with Gasteiger partial charge in [0.1, 0.15) is 5.82 Å². The molecule has 1 saturated heterocycles. The maximum absolute atomic E-state index is 13.4. The van der Waals surface area contributed by atoms with Crippen LogP contribution >= 0.6 is 0 Å². The van der Waals surface area contributed by atoms with Crippen molar-refractivity contribution >= 4 is 16.8 Å². The highest BCUT2D eigenvalue weighted by Crippen LogP contribution is 2.22. The quantitative estimate of drug-likeness (QED) is 0.801. The van der Waals surface area contributed by atoms with Crippen molar-refractivity contribution in [3.63, 3.8) is 0 Å². The van der Waals surface area contributed by atoms with Gasteiger partial charge in [0.05, 0.1) is 11.1 Å². The smallest absolute Gasteiger partial charge is 0.254 e. The molecule has 4 heteroatoms. The highest BCUT2D eigenvalue weighted by atomic mass is 19.1. The largest absolute Gasteiger partial charge is 0.339 e. The number of aromatic nitrogens is 1. The number of nitrogens with zero attached hydrogens (tertiary/aromatic N) is 2. The van der Waals surface area contributed by atoms with Gasteiger partial charge in [0.25, 0.3) is 5.91 Å². The molecule has 0 atom stereocenters. The molecule has 110 valence electrons. The Bertz CT molecular complexity index is 671. The van der Waals surface area contributed by atoms with Gasteiger partial charge in [-0.15, -0.1) is 0 Å². The Balaban J connectivity index is 2.04. The normalized spacial score (nSPS) is 16.0. The second-order valence-electron chi connectivity index (χ2n) is 5.68. The van der Waals surface area contributed by atoms with Crippen LogP contribution in [0, 0.1) is 12.7 Å². The van der Waals surface area contributed by atoms with Crippen molar-refractivity contribution in [1.29, 1.82) is 0 Å². The number of carbonyl (C=O) groups is 1. The first-order valence-corrected chi connectivity index (χ1v) is 7.51. The van der Waals surface area contributed by atoms with E-state index in [1.54, 1.807) is 6.07 Å². The number of hydrogen-bond acceptors (Lipinski definition) is 2. The molecule has 3 rings (SSSR count). The first-order chi connectivity index (χ1) is 10.1. The van der Waals surface area contributed by atoms with E-state index in [1.807, 2.05) is 17.9 Å². The van der Waals surface area contributed by atoms with Crippen LogP contribution < -0.4 is 0 Å². The molecule has 0 unspecified atom stereocenters. The third kappa shape index (κ3) is 2.89. The zero-order chi connectivity index (χ0) is 14.8. The van der Waals surface area contributed by atoms with Gasteiger partial charge in [0.15, 0.2) is 0 Å². The van der Waals surface area contributed by atoms with Gasteiger partial charge in [-0.1, -0.05) is 12.8 Å². The third-order valence-corrected chi connectivity index (χ3v) is 4.02. The van der Waals surface area contributed by atoms with Gasteiger partial charge < -0.3 is 4.90 Å². The molecule has 1 aromatic heterocycles. The molecule has 2 heterocycles. The molecule has 3 nitrogen and oxygen atoms in total. The number of amides is 1. The number of likely N-dealkylation sites (tertiary alicyclic amines) is 1. The van der Waals surface area contributed by atoms with E-state index in [1.165, 1.54) is 25.0 Å². The van der Waals surface area contributed by atoms with Crippen LogP contribution in [0.25, 0.3) is 10.9 Å². The Morgan fingerprint density at radius 1 is 1.14 bits per heavy atom. The van der Waals surface area contributed by atoms with Crippen molar-refractivity contribution in [3.8, 4) is 0 Å². The Labute approximate surface area is 123 Å². The molecule has 0 aliphatic carbocycles. The van der Waals surface area contributed by atoms with Crippen LogP contribution in [0.2, 0.25) is 0 Å². The molecule has 1 aliphatic heterocycles. The number of fused-ring (bicyclic) bond motifs is 1. The predicted molar refractivity (Wildman–Crippen MR) is 80.8 cm³/mol. The molecule has 1 fully saturated rings. The van der Waals surface area contributed by atoms with Crippen LogP contribution in [0.5, 0.6) is 0 Å². The lowest BCUT2D eigenvalue weighted by atomic mass is 10.1. The van der Waals surface area contributed by atoms with E-state index < -0.39 is 0 Å². The van der Waals surface area contributed by atoms with E-state index >= 15 is 0 Å². The summed E-state index contributed by atoms with van der Waals surface area (Å²) in [6, 6.07) is 6.25. The Morgan fingerprint density at radius 2 is 1.86 bits per heavy atom. The van der Waals surface area contributed by atoms with Gasteiger partial charge in [0.2, 0.25) is 0 Å². The Hall–Kier alpha value is -1.97. The second kappa shape index (κ2) is 5.80. The molecule has 1 aromatic carbocycles. The van der Waals surface area contributed by atoms with E-state index in [0.29, 0.717) is 11.1 Å².